The van der Waals surface area contributed by atoms with Gasteiger partial charge in [0.25, 0.3) is 0 Å². The summed E-state index contributed by atoms with van der Waals surface area (Å²) in [6, 6.07) is 10.3. The number of thiazole rings is 1. The molecular weight excluding hydrogens is 356 g/mol. The zero-order valence-corrected chi connectivity index (χ0v) is 16.9. The zero-order chi connectivity index (χ0) is 19.1. The van der Waals surface area contributed by atoms with Crippen molar-refractivity contribution in [3.63, 3.8) is 0 Å². The highest BCUT2D eigenvalue weighted by Gasteiger charge is 2.06. The lowest BCUT2D eigenvalue weighted by Crippen LogP contribution is -2.36. The molecule has 6 nitrogen and oxygen atoms in total. The van der Waals surface area contributed by atoms with Gasteiger partial charge < -0.3 is 10.6 Å². The van der Waals surface area contributed by atoms with Crippen LogP contribution in [0.4, 0.5) is 0 Å². The van der Waals surface area contributed by atoms with Crippen molar-refractivity contribution in [3.8, 4) is 0 Å². The van der Waals surface area contributed by atoms with E-state index in [-0.39, 0.29) is 0 Å². The number of hydrogen-bond acceptors (Lipinski definition) is 4. The molecule has 0 atom stereocenters. The Balaban J connectivity index is 1.58. The lowest BCUT2D eigenvalue weighted by Gasteiger charge is -2.10. The maximum Gasteiger partial charge on any atom is 0.191 e. The topological polar surface area (TPSA) is 67.1 Å². The molecule has 2 aromatic heterocycles. The van der Waals surface area contributed by atoms with Gasteiger partial charge in [0.05, 0.1) is 36.5 Å². The van der Waals surface area contributed by atoms with Gasteiger partial charge in [-0.05, 0) is 26.3 Å². The molecule has 0 aliphatic rings. The van der Waals surface area contributed by atoms with E-state index in [0.29, 0.717) is 6.54 Å². The number of aromatic nitrogens is 3. The highest BCUT2D eigenvalue weighted by Crippen LogP contribution is 2.16. The average molecular weight is 383 g/mol. The smallest absolute Gasteiger partial charge is 0.191 e. The molecule has 0 aliphatic carbocycles. The van der Waals surface area contributed by atoms with E-state index in [1.165, 1.54) is 10.4 Å². The van der Waals surface area contributed by atoms with Crippen molar-refractivity contribution in [1.82, 2.24) is 25.4 Å². The number of nitrogens with one attached hydrogen (secondary N) is 2. The lowest BCUT2D eigenvalue weighted by molar-refractivity contribution is 0.686. The van der Waals surface area contributed by atoms with Crippen molar-refractivity contribution in [2.75, 3.05) is 6.54 Å². The van der Waals surface area contributed by atoms with Crippen LogP contribution in [0.2, 0.25) is 0 Å². The summed E-state index contributed by atoms with van der Waals surface area (Å²) in [5.41, 5.74) is 3.41. The second kappa shape index (κ2) is 9.32. The van der Waals surface area contributed by atoms with Crippen LogP contribution in [0.25, 0.3) is 0 Å². The number of aliphatic imine (C=N–C) groups is 1. The quantitative estimate of drug-likeness (QED) is 0.486. The summed E-state index contributed by atoms with van der Waals surface area (Å²) in [7, 11) is 0. The second-order valence-electron chi connectivity index (χ2n) is 6.32. The maximum atomic E-state index is 4.68. The van der Waals surface area contributed by atoms with Gasteiger partial charge in [0, 0.05) is 23.2 Å². The number of rotatable bonds is 7. The van der Waals surface area contributed by atoms with Gasteiger partial charge in [-0.25, -0.2) is 9.98 Å². The largest absolute Gasteiger partial charge is 0.357 e. The van der Waals surface area contributed by atoms with Crippen LogP contribution in [0.1, 0.15) is 33.6 Å². The van der Waals surface area contributed by atoms with E-state index in [1.54, 1.807) is 11.3 Å². The third kappa shape index (κ3) is 5.65. The SMILES string of the molecule is CCNC(=NCc1cnn(Cc2ccccc2)c1)NCc1sc(C)nc1C. The molecular formula is C20H26N6S. The summed E-state index contributed by atoms with van der Waals surface area (Å²) in [5, 5.41) is 12.2. The Morgan fingerprint density at radius 1 is 1.15 bits per heavy atom. The zero-order valence-electron chi connectivity index (χ0n) is 16.1. The van der Waals surface area contributed by atoms with E-state index in [1.807, 2.05) is 42.9 Å². The van der Waals surface area contributed by atoms with Crippen LogP contribution in [0.5, 0.6) is 0 Å². The summed E-state index contributed by atoms with van der Waals surface area (Å²) < 4.78 is 1.95. The molecule has 0 bridgehead atoms. The number of nitrogens with zero attached hydrogens (tertiary/aromatic N) is 4. The monoisotopic (exact) mass is 382 g/mol. The Morgan fingerprint density at radius 2 is 1.96 bits per heavy atom. The van der Waals surface area contributed by atoms with Gasteiger partial charge in [-0.3, -0.25) is 4.68 Å². The Kier molecular flexibility index (Phi) is 6.59. The number of benzene rings is 1. The fourth-order valence-corrected chi connectivity index (χ4v) is 3.64. The highest BCUT2D eigenvalue weighted by molar-refractivity contribution is 7.11. The van der Waals surface area contributed by atoms with Crippen LogP contribution in [0.15, 0.2) is 47.7 Å². The van der Waals surface area contributed by atoms with E-state index in [0.717, 1.165) is 41.9 Å². The molecule has 3 rings (SSSR count). The van der Waals surface area contributed by atoms with E-state index in [2.05, 4.69) is 51.0 Å². The van der Waals surface area contributed by atoms with Crippen molar-refractivity contribution in [2.24, 2.45) is 4.99 Å². The van der Waals surface area contributed by atoms with Gasteiger partial charge in [0.15, 0.2) is 5.96 Å². The van der Waals surface area contributed by atoms with Crippen molar-refractivity contribution < 1.29 is 0 Å². The molecule has 1 aromatic carbocycles. The van der Waals surface area contributed by atoms with E-state index in [9.17, 15) is 0 Å². The summed E-state index contributed by atoms with van der Waals surface area (Å²) >= 11 is 1.72. The third-order valence-corrected chi connectivity index (χ3v) is 5.13. The normalized spacial score (nSPS) is 11.6. The van der Waals surface area contributed by atoms with Crippen LogP contribution >= 0.6 is 11.3 Å². The molecule has 2 N–H and O–H groups in total. The summed E-state index contributed by atoms with van der Waals surface area (Å²) in [5.74, 6) is 0.804. The minimum absolute atomic E-state index is 0.588. The Bertz CT molecular complexity index is 881. The summed E-state index contributed by atoms with van der Waals surface area (Å²) in [6.07, 6.45) is 3.93. The van der Waals surface area contributed by atoms with Gasteiger partial charge in [-0.1, -0.05) is 30.3 Å². The van der Waals surface area contributed by atoms with Gasteiger partial charge in [-0.15, -0.1) is 11.3 Å². The fraction of sp³-hybridized carbons (Fsp3) is 0.350. The van der Waals surface area contributed by atoms with Gasteiger partial charge in [0.1, 0.15) is 0 Å². The van der Waals surface area contributed by atoms with Gasteiger partial charge in [-0.2, -0.15) is 5.10 Å². The average Bonchev–Trinajstić information content (AvgIpc) is 3.24. The molecule has 0 amide bonds. The van der Waals surface area contributed by atoms with E-state index < -0.39 is 0 Å². The van der Waals surface area contributed by atoms with Gasteiger partial charge in [0.2, 0.25) is 0 Å². The van der Waals surface area contributed by atoms with Crippen molar-refractivity contribution in [1.29, 1.82) is 0 Å². The van der Waals surface area contributed by atoms with Crippen LogP contribution in [-0.2, 0) is 19.6 Å². The minimum Gasteiger partial charge on any atom is -0.357 e. The highest BCUT2D eigenvalue weighted by atomic mass is 32.1. The van der Waals surface area contributed by atoms with Crippen LogP contribution in [-0.4, -0.2) is 27.3 Å². The van der Waals surface area contributed by atoms with Crippen molar-refractivity contribution in [2.45, 2.75) is 40.4 Å². The summed E-state index contributed by atoms with van der Waals surface area (Å²) in [4.78, 5) is 10.4. The molecule has 0 radical (unpaired) electrons. The molecule has 2 heterocycles. The Hall–Kier alpha value is -2.67. The first kappa shape index (κ1) is 19.1. The molecule has 0 aliphatic heterocycles. The predicted molar refractivity (Wildman–Crippen MR) is 111 cm³/mol. The molecule has 0 unspecified atom stereocenters. The fourth-order valence-electron chi connectivity index (χ4n) is 2.76. The van der Waals surface area contributed by atoms with Crippen molar-refractivity contribution >= 4 is 17.3 Å². The number of hydrogen-bond donors (Lipinski definition) is 2. The second-order valence-corrected chi connectivity index (χ2v) is 7.61. The molecule has 0 fully saturated rings. The Morgan fingerprint density at radius 3 is 2.67 bits per heavy atom. The Labute approximate surface area is 164 Å². The van der Waals surface area contributed by atoms with Crippen molar-refractivity contribution in [3.05, 3.63) is 69.4 Å². The molecule has 0 saturated heterocycles. The lowest BCUT2D eigenvalue weighted by atomic mass is 10.2. The number of guanidine groups is 1. The molecule has 0 spiro atoms. The van der Waals surface area contributed by atoms with E-state index >= 15 is 0 Å². The number of aryl methyl sites for hydroxylation is 2. The molecule has 27 heavy (non-hydrogen) atoms. The molecule has 0 saturated carbocycles. The van der Waals surface area contributed by atoms with Crippen LogP contribution < -0.4 is 10.6 Å². The van der Waals surface area contributed by atoms with Gasteiger partial charge >= 0.3 is 0 Å². The summed E-state index contributed by atoms with van der Waals surface area (Å²) in [6.45, 7) is 9.06. The maximum absolute atomic E-state index is 4.68. The standard InChI is InChI=1S/C20H26N6S/c1-4-21-20(23-12-19-15(2)25-16(3)27-19)22-10-18-11-24-26(14-18)13-17-8-6-5-7-9-17/h5-9,11,14H,4,10,12-13H2,1-3H3,(H2,21,22,23). The molecule has 3 aromatic rings. The van der Waals surface area contributed by atoms with Crippen LogP contribution in [0, 0.1) is 13.8 Å². The van der Waals surface area contributed by atoms with E-state index in [4.69, 9.17) is 0 Å². The molecule has 7 heteroatoms. The molecule has 142 valence electrons. The minimum atomic E-state index is 0.588. The predicted octanol–water partition coefficient (Wildman–Crippen LogP) is 3.26. The first-order valence-electron chi connectivity index (χ1n) is 9.14. The van der Waals surface area contributed by atoms with Crippen LogP contribution in [0.3, 0.4) is 0 Å². The first-order chi connectivity index (χ1) is 13.1. The third-order valence-electron chi connectivity index (χ3n) is 4.05. The first-order valence-corrected chi connectivity index (χ1v) is 9.96.